The Morgan fingerprint density at radius 3 is 2.31 bits per heavy atom. The first-order valence-electron chi connectivity index (χ1n) is 10.0. The van der Waals surface area contributed by atoms with Crippen molar-refractivity contribution in [3.8, 4) is 5.69 Å². The summed E-state index contributed by atoms with van der Waals surface area (Å²) in [5, 5.41) is 4.25. The Morgan fingerprint density at radius 1 is 1.08 bits per heavy atom. The number of carbonyl (C=O) groups is 1. The van der Waals surface area contributed by atoms with Crippen LogP contribution in [0.15, 0.2) is 42.7 Å². The van der Waals surface area contributed by atoms with Gasteiger partial charge in [0.15, 0.2) is 0 Å². The van der Waals surface area contributed by atoms with Crippen LogP contribution in [0.4, 0.5) is 0 Å². The molecule has 1 heterocycles. The average Bonchev–Trinajstić information content (AvgIpc) is 3.16. The minimum Gasteiger partial charge on any atom is -0.342 e. The molecule has 2 aromatic rings. The molecule has 0 atom stereocenters. The van der Waals surface area contributed by atoms with Gasteiger partial charge in [0, 0.05) is 25.5 Å². The van der Waals surface area contributed by atoms with E-state index in [1.165, 1.54) is 32.1 Å². The molecule has 6 rings (SSSR count). The van der Waals surface area contributed by atoms with E-state index in [1.807, 2.05) is 36.1 Å². The molecule has 4 bridgehead atoms. The summed E-state index contributed by atoms with van der Waals surface area (Å²) in [6.07, 6.45) is 11.1. The highest BCUT2D eigenvalue weighted by atomic mass is 16.2. The van der Waals surface area contributed by atoms with Crippen molar-refractivity contribution >= 4 is 5.91 Å². The topological polar surface area (TPSA) is 38.1 Å². The molecule has 0 saturated heterocycles. The zero-order valence-corrected chi connectivity index (χ0v) is 15.4. The first kappa shape index (κ1) is 16.1. The number of rotatable bonds is 4. The maximum atomic E-state index is 13.0. The summed E-state index contributed by atoms with van der Waals surface area (Å²) < 4.78 is 1.84. The number of amides is 1. The van der Waals surface area contributed by atoms with Crippen molar-refractivity contribution in [3.63, 3.8) is 0 Å². The van der Waals surface area contributed by atoms with Gasteiger partial charge in [0.2, 0.25) is 5.91 Å². The lowest BCUT2D eigenvalue weighted by Gasteiger charge is -2.56. The molecule has 136 valence electrons. The van der Waals surface area contributed by atoms with Crippen molar-refractivity contribution in [2.75, 3.05) is 7.05 Å². The van der Waals surface area contributed by atoms with E-state index < -0.39 is 0 Å². The normalized spacial score (nSPS) is 32.0. The van der Waals surface area contributed by atoms with E-state index in [2.05, 4.69) is 22.1 Å². The number of likely N-dealkylation sites (N-methyl/N-ethyl adjacent to an activating group) is 1. The summed E-state index contributed by atoms with van der Waals surface area (Å²) in [5.74, 6) is 3.68. The zero-order valence-electron chi connectivity index (χ0n) is 15.4. The van der Waals surface area contributed by atoms with Crippen LogP contribution in [0.2, 0.25) is 0 Å². The van der Waals surface area contributed by atoms with E-state index in [1.54, 1.807) is 6.20 Å². The fourth-order valence-electron chi connectivity index (χ4n) is 6.18. The molecule has 1 aromatic heterocycles. The van der Waals surface area contributed by atoms with Crippen LogP contribution in [-0.4, -0.2) is 33.7 Å². The molecule has 4 fully saturated rings. The van der Waals surface area contributed by atoms with Crippen LogP contribution >= 0.6 is 0 Å². The van der Waals surface area contributed by atoms with E-state index in [0.29, 0.717) is 12.5 Å². The summed E-state index contributed by atoms with van der Waals surface area (Å²) in [7, 11) is 2.05. The second-order valence-corrected chi connectivity index (χ2v) is 8.72. The second kappa shape index (κ2) is 6.26. The largest absolute Gasteiger partial charge is 0.342 e. The molecule has 26 heavy (non-hydrogen) atoms. The average molecular weight is 349 g/mol. The van der Waals surface area contributed by atoms with Crippen LogP contribution in [0.3, 0.4) is 0 Å². The fraction of sp³-hybridized carbons (Fsp3) is 0.545. The highest BCUT2D eigenvalue weighted by molar-refractivity contribution is 5.79. The third kappa shape index (κ3) is 2.76. The Balaban J connectivity index is 1.27. The van der Waals surface area contributed by atoms with Crippen molar-refractivity contribution in [3.05, 3.63) is 48.3 Å². The van der Waals surface area contributed by atoms with E-state index in [4.69, 9.17) is 0 Å². The minimum atomic E-state index is 0.273. The van der Waals surface area contributed by atoms with Gasteiger partial charge in [0.05, 0.1) is 12.1 Å². The number of benzene rings is 1. The summed E-state index contributed by atoms with van der Waals surface area (Å²) in [6.45, 7) is 0. The first-order valence-corrected chi connectivity index (χ1v) is 10.0. The van der Waals surface area contributed by atoms with Crippen molar-refractivity contribution in [2.24, 2.45) is 23.7 Å². The smallest absolute Gasteiger partial charge is 0.226 e. The first-order chi connectivity index (χ1) is 12.7. The Morgan fingerprint density at radius 2 is 1.73 bits per heavy atom. The molecule has 4 aliphatic carbocycles. The monoisotopic (exact) mass is 349 g/mol. The predicted octanol–water partition coefficient (Wildman–Crippen LogP) is 3.70. The summed E-state index contributed by atoms with van der Waals surface area (Å²) in [4.78, 5) is 15.1. The number of aromatic nitrogens is 2. The van der Waals surface area contributed by atoms with Crippen molar-refractivity contribution in [2.45, 2.75) is 44.6 Å². The summed E-state index contributed by atoms with van der Waals surface area (Å²) in [6, 6.07) is 10.6. The van der Waals surface area contributed by atoms with Gasteiger partial charge in [-0.25, -0.2) is 4.68 Å². The third-order valence-corrected chi connectivity index (χ3v) is 7.08. The molecule has 4 saturated carbocycles. The van der Waals surface area contributed by atoms with Crippen LogP contribution in [0.25, 0.3) is 5.69 Å². The molecule has 4 heteroatoms. The quantitative estimate of drug-likeness (QED) is 0.844. The van der Waals surface area contributed by atoms with E-state index in [0.717, 1.165) is 34.9 Å². The molecule has 0 spiro atoms. The van der Waals surface area contributed by atoms with Crippen LogP contribution in [0, 0.1) is 23.7 Å². The molecule has 4 nitrogen and oxygen atoms in total. The van der Waals surface area contributed by atoms with Gasteiger partial charge in [0.25, 0.3) is 0 Å². The highest BCUT2D eigenvalue weighted by Crippen LogP contribution is 2.54. The van der Waals surface area contributed by atoms with Crippen LogP contribution < -0.4 is 0 Å². The van der Waals surface area contributed by atoms with Gasteiger partial charge >= 0.3 is 0 Å². The van der Waals surface area contributed by atoms with Crippen molar-refractivity contribution in [1.29, 1.82) is 0 Å². The van der Waals surface area contributed by atoms with E-state index >= 15 is 0 Å². The zero-order chi connectivity index (χ0) is 17.7. The van der Waals surface area contributed by atoms with Gasteiger partial charge in [-0.1, -0.05) is 12.1 Å². The number of nitrogens with zero attached hydrogens (tertiary/aromatic N) is 3. The minimum absolute atomic E-state index is 0.273. The van der Waals surface area contributed by atoms with Gasteiger partial charge in [-0.3, -0.25) is 4.79 Å². The molecule has 0 radical (unpaired) electrons. The van der Waals surface area contributed by atoms with E-state index in [-0.39, 0.29) is 5.91 Å². The van der Waals surface area contributed by atoms with Crippen LogP contribution in [0.5, 0.6) is 0 Å². The van der Waals surface area contributed by atoms with Crippen molar-refractivity contribution in [1.82, 2.24) is 14.7 Å². The lowest BCUT2D eigenvalue weighted by atomic mass is 9.54. The van der Waals surface area contributed by atoms with Gasteiger partial charge in [-0.05, 0) is 79.5 Å². The molecular weight excluding hydrogens is 322 g/mol. The van der Waals surface area contributed by atoms with Crippen LogP contribution in [-0.2, 0) is 11.2 Å². The Labute approximate surface area is 155 Å². The maximum absolute atomic E-state index is 13.0. The standard InChI is InChI=1S/C22H27N3O/c1-24(22-18-10-16-9-17(12-18)13-19(22)11-16)21(26)14-15-3-5-20(6-4-15)25-8-2-7-23-25/h2-8,16-19,22H,9-14H2,1H3. The lowest BCUT2D eigenvalue weighted by Crippen LogP contribution is -2.56. The van der Waals surface area contributed by atoms with Crippen molar-refractivity contribution < 1.29 is 4.79 Å². The highest BCUT2D eigenvalue weighted by Gasteiger charge is 2.50. The number of hydrogen-bond donors (Lipinski definition) is 0. The third-order valence-electron chi connectivity index (χ3n) is 7.08. The SMILES string of the molecule is CN(C(=O)Cc1ccc(-n2cccn2)cc1)C1C2CC3CC(C2)CC1C3. The molecule has 4 aliphatic rings. The Kier molecular flexibility index (Phi) is 3.87. The molecule has 1 amide bonds. The summed E-state index contributed by atoms with van der Waals surface area (Å²) >= 11 is 0. The maximum Gasteiger partial charge on any atom is 0.226 e. The number of carbonyl (C=O) groups excluding carboxylic acids is 1. The molecule has 0 aliphatic heterocycles. The van der Waals surface area contributed by atoms with Crippen LogP contribution in [0.1, 0.15) is 37.7 Å². The Bertz CT molecular complexity index is 752. The second-order valence-electron chi connectivity index (χ2n) is 8.72. The van der Waals surface area contributed by atoms with Gasteiger partial charge in [0.1, 0.15) is 0 Å². The van der Waals surface area contributed by atoms with Gasteiger partial charge in [-0.2, -0.15) is 5.10 Å². The number of hydrogen-bond acceptors (Lipinski definition) is 2. The fourth-order valence-corrected chi connectivity index (χ4v) is 6.18. The molecule has 0 unspecified atom stereocenters. The van der Waals surface area contributed by atoms with E-state index in [9.17, 15) is 4.79 Å². The lowest BCUT2D eigenvalue weighted by molar-refractivity contribution is -0.140. The van der Waals surface area contributed by atoms with Gasteiger partial charge in [-0.15, -0.1) is 0 Å². The predicted molar refractivity (Wildman–Crippen MR) is 101 cm³/mol. The summed E-state index contributed by atoms with van der Waals surface area (Å²) in [5.41, 5.74) is 2.11. The molecular formula is C22H27N3O. The Hall–Kier alpha value is -2.10. The van der Waals surface area contributed by atoms with Gasteiger partial charge < -0.3 is 4.90 Å². The molecule has 1 aromatic carbocycles. The molecule has 0 N–H and O–H groups in total.